The number of thiazole rings is 1. The van der Waals surface area contributed by atoms with Crippen molar-refractivity contribution in [3.05, 3.63) is 40.4 Å². The zero-order valence-corrected chi connectivity index (χ0v) is 25.3. The molecular weight excluding hydrogens is 462 g/mol. The Kier molecular flexibility index (Phi) is 16.6. The van der Waals surface area contributed by atoms with Crippen molar-refractivity contribution in [3.63, 3.8) is 0 Å². The van der Waals surface area contributed by atoms with Crippen LogP contribution in [0.5, 0.6) is 0 Å². The fourth-order valence-electron chi connectivity index (χ4n) is 4.32. The SMILES string of the molecule is CC.CCC(C)N1CCCCCC1.CCCCc1ccc(-c2nc(C)c(C(=O)N(C)CCC)s2)cc1. The standard InChI is InChI=1S/C19H26N2OS.C10H21N.C2H6/c1-5-7-8-15-9-11-16(12-10-15)18-20-14(3)17(23-18)19(22)21(4)13-6-2;1-3-10(2)11-8-6-4-5-7-9-11;1-2/h9-12H,5-8,13H2,1-4H3;10H,3-9H2,1-2H3;1-2H3. The number of unbranched alkanes of at least 4 members (excludes halogenated alkanes) is 1. The normalized spacial score (nSPS) is 14.6. The van der Waals surface area contributed by atoms with Crippen LogP contribution in [0.15, 0.2) is 24.3 Å². The summed E-state index contributed by atoms with van der Waals surface area (Å²) in [6, 6.07) is 9.40. The van der Waals surface area contributed by atoms with Crippen LogP contribution >= 0.6 is 11.3 Å². The Morgan fingerprint density at radius 1 is 1.03 bits per heavy atom. The molecule has 1 fully saturated rings. The predicted octanol–water partition coefficient (Wildman–Crippen LogP) is 8.63. The van der Waals surface area contributed by atoms with Crippen molar-refractivity contribution in [3.8, 4) is 10.6 Å². The molecule has 0 radical (unpaired) electrons. The Labute approximate surface area is 226 Å². The molecule has 1 aromatic heterocycles. The van der Waals surface area contributed by atoms with Crippen LogP contribution in [0.1, 0.15) is 114 Å². The van der Waals surface area contributed by atoms with E-state index in [4.69, 9.17) is 0 Å². The first-order valence-corrected chi connectivity index (χ1v) is 15.3. The van der Waals surface area contributed by atoms with Gasteiger partial charge in [0.05, 0.1) is 5.69 Å². The number of hydrogen-bond donors (Lipinski definition) is 0. The maximum atomic E-state index is 12.5. The molecule has 1 aromatic carbocycles. The molecule has 1 aliphatic rings. The lowest BCUT2D eigenvalue weighted by molar-refractivity contribution is 0.0799. The van der Waals surface area contributed by atoms with Crippen molar-refractivity contribution in [2.75, 3.05) is 26.7 Å². The molecule has 3 rings (SSSR count). The highest BCUT2D eigenvalue weighted by Crippen LogP contribution is 2.29. The summed E-state index contributed by atoms with van der Waals surface area (Å²) in [7, 11) is 1.85. The van der Waals surface area contributed by atoms with Gasteiger partial charge in [-0.1, -0.05) is 78.1 Å². The fraction of sp³-hybridized carbons (Fsp3) is 0.677. The van der Waals surface area contributed by atoms with Crippen LogP contribution < -0.4 is 0 Å². The first-order chi connectivity index (χ1) is 17.4. The molecule has 5 heteroatoms. The topological polar surface area (TPSA) is 36.4 Å². The Balaban J connectivity index is 0.000000417. The summed E-state index contributed by atoms with van der Waals surface area (Å²) in [5, 5.41) is 0.929. The third-order valence-electron chi connectivity index (χ3n) is 6.77. The predicted molar refractivity (Wildman–Crippen MR) is 159 cm³/mol. The van der Waals surface area contributed by atoms with Gasteiger partial charge < -0.3 is 9.80 Å². The van der Waals surface area contributed by atoms with Gasteiger partial charge in [-0.2, -0.15) is 0 Å². The molecule has 1 atom stereocenters. The summed E-state index contributed by atoms with van der Waals surface area (Å²) in [4.78, 5) is 22.3. The van der Waals surface area contributed by atoms with Crippen molar-refractivity contribution < 1.29 is 4.79 Å². The van der Waals surface area contributed by atoms with Crippen molar-refractivity contribution in [2.45, 2.75) is 112 Å². The molecule has 0 aliphatic carbocycles. The zero-order chi connectivity index (χ0) is 26.9. The van der Waals surface area contributed by atoms with Crippen LogP contribution in [0.2, 0.25) is 0 Å². The van der Waals surface area contributed by atoms with Gasteiger partial charge in [0, 0.05) is 25.2 Å². The van der Waals surface area contributed by atoms with Crippen molar-refractivity contribution in [1.82, 2.24) is 14.8 Å². The Morgan fingerprint density at radius 3 is 2.17 bits per heavy atom. The fourth-order valence-corrected chi connectivity index (χ4v) is 5.38. The number of benzene rings is 1. The molecule has 0 spiro atoms. The van der Waals surface area contributed by atoms with Gasteiger partial charge in [-0.05, 0) is 71.0 Å². The molecule has 4 nitrogen and oxygen atoms in total. The molecule has 36 heavy (non-hydrogen) atoms. The van der Waals surface area contributed by atoms with E-state index in [2.05, 4.69) is 61.8 Å². The van der Waals surface area contributed by atoms with Crippen molar-refractivity contribution in [1.29, 1.82) is 0 Å². The number of likely N-dealkylation sites (tertiary alicyclic amines) is 1. The highest BCUT2D eigenvalue weighted by Gasteiger charge is 2.19. The monoisotopic (exact) mass is 515 g/mol. The van der Waals surface area contributed by atoms with Crippen LogP contribution in [-0.2, 0) is 6.42 Å². The van der Waals surface area contributed by atoms with Gasteiger partial charge in [-0.15, -0.1) is 11.3 Å². The molecular formula is C31H53N3OS. The highest BCUT2D eigenvalue weighted by atomic mass is 32.1. The minimum Gasteiger partial charge on any atom is -0.341 e. The molecule has 0 bridgehead atoms. The number of carbonyl (C=O) groups is 1. The van der Waals surface area contributed by atoms with E-state index in [1.54, 1.807) is 4.90 Å². The maximum absolute atomic E-state index is 12.5. The van der Waals surface area contributed by atoms with E-state index in [-0.39, 0.29) is 5.91 Å². The molecule has 1 amide bonds. The molecule has 1 saturated heterocycles. The largest absolute Gasteiger partial charge is 0.341 e. The first kappa shape index (κ1) is 32.3. The number of amides is 1. The van der Waals surface area contributed by atoms with Crippen LogP contribution in [0.4, 0.5) is 0 Å². The molecule has 2 aromatic rings. The van der Waals surface area contributed by atoms with Crippen LogP contribution in [0.3, 0.4) is 0 Å². The summed E-state index contributed by atoms with van der Waals surface area (Å²) >= 11 is 1.50. The van der Waals surface area contributed by atoms with E-state index in [0.717, 1.165) is 46.6 Å². The van der Waals surface area contributed by atoms with E-state index < -0.39 is 0 Å². The first-order valence-electron chi connectivity index (χ1n) is 14.5. The molecule has 0 N–H and O–H groups in total. The second kappa shape index (κ2) is 18.5. The quantitative estimate of drug-likeness (QED) is 0.335. The molecule has 2 heterocycles. The Hall–Kier alpha value is -1.72. The average Bonchev–Trinajstić information content (AvgIpc) is 3.10. The van der Waals surface area contributed by atoms with E-state index in [1.165, 1.54) is 74.9 Å². The minimum atomic E-state index is 0.0765. The van der Waals surface area contributed by atoms with Crippen molar-refractivity contribution >= 4 is 17.2 Å². The number of aryl methyl sites for hydroxylation is 2. The van der Waals surface area contributed by atoms with Gasteiger partial charge in [-0.3, -0.25) is 4.79 Å². The Bertz CT molecular complexity index is 838. The van der Waals surface area contributed by atoms with E-state index in [9.17, 15) is 4.79 Å². The minimum absolute atomic E-state index is 0.0765. The second-order valence-corrected chi connectivity index (χ2v) is 10.7. The lowest BCUT2D eigenvalue weighted by Crippen LogP contribution is -2.33. The maximum Gasteiger partial charge on any atom is 0.265 e. The summed E-state index contributed by atoms with van der Waals surface area (Å²) in [6.45, 7) is 18.3. The van der Waals surface area contributed by atoms with Gasteiger partial charge in [0.15, 0.2) is 0 Å². The third kappa shape index (κ3) is 10.7. The lowest BCUT2D eigenvalue weighted by atomic mass is 10.1. The molecule has 204 valence electrons. The smallest absolute Gasteiger partial charge is 0.265 e. The van der Waals surface area contributed by atoms with Gasteiger partial charge in [0.25, 0.3) is 5.91 Å². The van der Waals surface area contributed by atoms with Crippen LogP contribution in [0, 0.1) is 6.92 Å². The number of hydrogen-bond acceptors (Lipinski definition) is 4. The van der Waals surface area contributed by atoms with Crippen molar-refractivity contribution in [2.24, 2.45) is 0 Å². The lowest BCUT2D eigenvalue weighted by Gasteiger charge is -2.26. The average molecular weight is 516 g/mol. The third-order valence-corrected chi connectivity index (χ3v) is 7.97. The van der Waals surface area contributed by atoms with E-state index in [0.29, 0.717) is 0 Å². The summed E-state index contributed by atoms with van der Waals surface area (Å²) < 4.78 is 0. The molecule has 1 aliphatic heterocycles. The van der Waals surface area contributed by atoms with Crippen LogP contribution in [-0.4, -0.2) is 53.4 Å². The van der Waals surface area contributed by atoms with Gasteiger partial charge >= 0.3 is 0 Å². The van der Waals surface area contributed by atoms with Crippen LogP contribution in [0.25, 0.3) is 10.6 Å². The number of aromatic nitrogens is 1. The number of carbonyl (C=O) groups excluding carboxylic acids is 1. The van der Waals surface area contributed by atoms with Gasteiger partial charge in [-0.25, -0.2) is 4.98 Å². The van der Waals surface area contributed by atoms with E-state index >= 15 is 0 Å². The molecule has 1 unspecified atom stereocenters. The van der Waals surface area contributed by atoms with Gasteiger partial charge in [0.2, 0.25) is 0 Å². The zero-order valence-electron chi connectivity index (χ0n) is 24.5. The summed E-state index contributed by atoms with van der Waals surface area (Å²) in [5.41, 5.74) is 3.28. The number of rotatable bonds is 9. The second-order valence-electron chi connectivity index (χ2n) is 9.67. The van der Waals surface area contributed by atoms with Gasteiger partial charge in [0.1, 0.15) is 9.88 Å². The molecule has 0 saturated carbocycles. The van der Waals surface area contributed by atoms with E-state index in [1.807, 2.05) is 27.8 Å². The highest BCUT2D eigenvalue weighted by molar-refractivity contribution is 7.17. The number of nitrogens with zero attached hydrogens (tertiary/aromatic N) is 3. The Morgan fingerprint density at radius 2 is 1.64 bits per heavy atom. The summed E-state index contributed by atoms with van der Waals surface area (Å²) in [5.74, 6) is 0.0765. The summed E-state index contributed by atoms with van der Waals surface area (Å²) in [6.07, 6.45) is 11.6.